The minimum absolute atomic E-state index is 0.150. The maximum Gasteiger partial charge on any atom is 0.255 e. The minimum Gasteiger partial charge on any atom is -0.494 e. The summed E-state index contributed by atoms with van der Waals surface area (Å²) in [4.78, 5) is 23.8. The fraction of sp³-hybridized carbons (Fsp3) is 0.385. The normalized spacial score (nSPS) is 18.6. The van der Waals surface area contributed by atoms with Crippen LogP contribution >= 0.6 is 0 Å². The fourth-order valence-corrected chi connectivity index (χ4v) is 2.11. The summed E-state index contributed by atoms with van der Waals surface area (Å²) in [5.41, 5.74) is 6.47. The first-order chi connectivity index (χ1) is 9.13. The summed E-state index contributed by atoms with van der Waals surface area (Å²) in [5.74, 6) is -0.176. The molecule has 0 radical (unpaired) electrons. The van der Waals surface area contributed by atoms with Crippen molar-refractivity contribution in [1.82, 2.24) is 10.6 Å². The Labute approximate surface area is 111 Å². The van der Waals surface area contributed by atoms with Gasteiger partial charge in [0.15, 0.2) is 5.75 Å². The number of amides is 2. The van der Waals surface area contributed by atoms with Crippen LogP contribution in [0.4, 0.5) is 5.69 Å². The van der Waals surface area contributed by atoms with Gasteiger partial charge in [-0.3, -0.25) is 9.59 Å². The number of para-hydroxylation sites is 1. The van der Waals surface area contributed by atoms with Crippen LogP contribution in [0.15, 0.2) is 18.2 Å². The summed E-state index contributed by atoms with van der Waals surface area (Å²) in [6.07, 6.45) is 1.49. The van der Waals surface area contributed by atoms with Crippen LogP contribution in [0.2, 0.25) is 0 Å². The quantitative estimate of drug-likeness (QED) is 0.683. The molecule has 1 aliphatic rings. The number of ether oxygens (including phenoxy) is 1. The van der Waals surface area contributed by atoms with Crippen LogP contribution in [0, 0.1) is 0 Å². The van der Waals surface area contributed by atoms with E-state index in [1.807, 2.05) is 0 Å². The summed E-state index contributed by atoms with van der Waals surface area (Å²) < 4.78 is 5.13. The molecule has 102 valence electrons. The van der Waals surface area contributed by atoms with Gasteiger partial charge in [-0.1, -0.05) is 6.07 Å². The predicted molar refractivity (Wildman–Crippen MR) is 70.9 cm³/mol. The van der Waals surface area contributed by atoms with Gasteiger partial charge in [0.05, 0.1) is 18.4 Å². The van der Waals surface area contributed by atoms with Crippen molar-refractivity contribution >= 4 is 17.5 Å². The van der Waals surface area contributed by atoms with E-state index >= 15 is 0 Å². The molecule has 0 aliphatic carbocycles. The lowest BCUT2D eigenvalue weighted by atomic mass is 10.1. The highest BCUT2D eigenvalue weighted by atomic mass is 16.5. The average molecular weight is 263 g/mol. The van der Waals surface area contributed by atoms with Gasteiger partial charge in [0.2, 0.25) is 5.91 Å². The third-order valence-electron chi connectivity index (χ3n) is 3.08. The summed E-state index contributed by atoms with van der Waals surface area (Å²) in [6, 6.07) is 4.45. The number of methoxy groups -OCH3 is 1. The van der Waals surface area contributed by atoms with E-state index in [2.05, 4.69) is 10.6 Å². The second-order valence-electron chi connectivity index (χ2n) is 4.39. The Morgan fingerprint density at radius 1 is 1.53 bits per heavy atom. The highest BCUT2D eigenvalue weighted by Crippen LogP contribution is 2.25. The smallest absolute Gasteiger partial charge is 0.255 e. The number of carbonyl (C=O) groups excluding carboxylic acids is 2. The Bertz CT molecular complexity index is 502. The largest absolute Gasteiger partial charge is 0.494 e. The van der Waals surface area contributed by atoms with E-state index in [1.165, 1.54) is 7.11 Å². The monoisotopic (exact) mass is 263 g/mol. The number of piperidine rings is 1. The van der Waals surface area contributed by atoms with Gasteiger partial charge in [-0.05, 0) is 25.0 Å². The molecule has 0 bridgehead atoms. The van der Waals surface area contributed by atoms with Crippen molar-refractivity contribution in [2.45, 2.75) is 18.9 Å². The van der Waals surface area contributed by atoms with E-state index in [0.717, 1.165) is 6.42 Å². The van der Waals surface area contributed by atoms with E-state index in [1.54, 1.807) is 18.2 Å². The van der Waals surface area contributed by atoms with Crippen molar-refractivity contribution in [1.29, 1.82) is 0 Å². The molecule has 1 aromatic rings. The topological polar surface area (TPSA) is 93.4 Å². The number of carbonyl (C=O) groups is 2. The third kappa shape index (κ3) is 2.78. The fourth-order valence-electron chi connectivity index (χ4n) is 2.11. The summed E-state index contributed by atoms with van der Waals surface area (Å²) in [7, 11) is 1.45. The molecule has 1 aliphatic heterocycles. The standard InChI is InChI=1S/C13H17N3O3/c1-19-11-8(4-2-5-9(11)14)12(17)16-10-6-3-7-15-13(10)18/h2,4-5,10H,3,6-7,14H2,1H3,(H,15,18)(H,16,17). The molecule has 0 aromatic heterocycles. The lowest BCUT2D eigenvalue weighted by Gasteiger charge is -2.23. The van der Waals surface area contributed by atoms with Gasteiger partial charge in [-0.2, -0.15) is 0 Å². The summed E-state index contributed by atoms with van der Waals surface area (Å²) in [5, 5.41) is 5.42. The molecular formula is C13H17N3O3. The van der Waals surface area contributed by atoms with Crippen LogP contribution in [-0.4, -0.2) is 31.5 Å². The van der Waals surface area contributed by atoms with Gasteiger partial charge < -0.3 is 21.1 Å². The number of hydrogen-bond acceptors (Lipinski definition) is 4. The van der Waals surface area contributed by atoms with E-state index in [0.29, 0.717) is 30.0 Å². The molecule has 1 atom stereocenters. The Morgan fingerprint density at radius 3 is 3.00 bits per heavy atom. The summed E-state index contributed by atoms with van der Waals surface area (Å²) >= 11 is 0. The molecule has 1 unspecified atom stereocenters. The molecule has 1 aromatic carbocycles. The molecule has 1 fully saturated rings. The molecule has 19 heavy (non-hydrogen) atoms. The van der Waals surface area contributed by atoms with Crippen LogP contribution in [0.3, 0.4) is 0 Å². The highest BCUT2D eigenvalue weighted by molar-refractivity contribution is 6.01. The SMILES string of the molecule is COc1c(N)cccc1C(=O)NC1CCCNC1=O. The first kappa shape index (κ1) is 13.2. The van der Waals surface area contributed by atoms with Gasteiger partial charge >= 0.3 is 0 Å². The van der Waals surface area contributed by atoms with Gasteiger partial charge in [0.25, 0.3) is 5.91 Å². The van der Waals surface area contributed by atoms with Crippen LogP contribution in [0.25, 0.3) is 0 Å². The van der Waals surface area contributed by atoms with E-state index < -0.39 is 6.04 Å². The molecule has 6 nitrogen and oxygen atoms in total. The van der Waals surface area contributed by atoms with Crippen molar-refractivity contribution in [3.8, 4) is 5.75 Å². The second kappa shape index (κ2) is 5.60. The Hall–Kier alpha value is -2.24. The number of rotatable bonds is 3. The molecule has 0 spiro atoms. The number of nitrogens with one attached hydrogen (secondary N) is 2. The maximum absolute atomic E-state index is 12.2. The van der Waals surface area contributed by atoms with Gasteiger partial charge in [-0.25, -0.2) is 0 Å². The van der Waals surface area contributed by atoms with Crippen LogP contribution in [0.1, 0.15) is 23.2 Å². The first-order valence-electron chi connectivity index (χ1n) is 6.14. The van der Waals surface area contributed by atoms with Gasteiger partial charge in [0, 0.05) is 6.54 Å². The number of anilines is 1. The Kier molecular flexibility index (Phi) is 3.89. The van der Waals surface area contributed by atoms with Crippen molar-refractivity contribution < 1.29 is 14.3 Å². The van der Waals surface area contributed by atoms with E-state index in [9.17, 15) is 9.59 Å². The predicted octanol–water partition coefficient (Wildman–Crippen LogP) is 0.286. The molecule has 2 rings (SSSR count). The number of hydrogen-bond donors (Lipinski definition) is 3. The zero-order valence-corrected chi connectivity index (χ0v) is 10.7. The number of benzene rings is 1. The molecule has 2 amide bonds. The molecule has 0 saturated carbocycles. The van der Waals surface area contributed by atoms with Crippen molar-refractivity contribution in [2.24, 2.45) is 0 Å². The van der Waals surface area contributed by atoms with Gasteiger partial charge in [-0.15, -0.1) is 0 Å². The van der Waals surface area contributed by atoms with Crippen LogP contribution < -0.4 is 21.1 Å². The van der Waals surface area contributed by atoms with Crippen LogP contribution in [-0.2, 0) is 4.79 Å². The van der Waals surface area contributed by atoms with E-state index in [-0.39, 0.29) is 11.8 Å². The average Bonchev–Trinajstić information content (AvgIpc) is 2.41. The zero-order chi connectivity index (χ0) is 13.8. The second-order valence-corrected chi connectivity index (χ2v) is 4.39. The molecule has 4 N–H and O–H groups in total. The Balaban J connectivity index is 2.16. The number of nitrogen functional groups attached to an aromatic ring is 1. The lowest BCUT2D eigenvalue weighted by Crippen LogP contribution is -2.50. The first-order valence-corrected chi connectivity index (χ1v) is 6.14. The summed E-state index contributed by atoms with van der Waals surface area (Å²) in [6.45, 7) is 0.660. The maximum atomic E-state index is 12.2. The van der Waals surface area contributed by atoms with Crippen LogP contribution in [0.5, 0.6) is 5.75 Å². The van der Waals surface area contributed by atoms with Crippen molar-refractivity contribution in [2.75, 3.05) is 19.4 Å². The highest BCUT2D eigenvalue weighted by Gasteiger charge is 2.25. The van der Waals surface area contributed by atoms with Crippen molar-refractivity contribution in [3.05, 3.63) is 23.8 Å². The number of nitrogens with two attached hydrogens (primary N) is 1. The lowest BCUT2D eigenvalue weighted by molar-refractivity contribution is -0.124. The Morgan fingerprint density at radius 2 is 2.32 bits per heavy atom. The minimum atomic E-state index is -0.493. The molecule has 1 heterocycles. The van der Waals surface area contributed by atoms with Gasteiger partial charge in [0.1, 0.15) is 6.04 Å². The molecular weight excluding hydrogens is 246 g/mol. The molecule has 1 saturated heterocycles. The molecule has 6 heteroatoms. The van der Waals surface area contributed by atoms with Crippen molar-refractivity contribution in [3.63, 3.8) is 0 Å². The van der Waals surface area contributed by atoms with E-state index in [4.69, 9.17) is 10.5 Å². The third-order valence-corrected chi connectivity index (χ3v) is 3.08. The zero-order valence-electron chi connectivity index (χ0n) is 10.7.